The number of aliphatic hydroxyl groups is 1. The van der Waals surface area contributed by atoms with Crippen LogP contribution >= 0.6 is 51.6 Å². The van der Waals surface area contributed by atoms with Gasteiger partial charge in [-0.15, -0.1) is 0 Å². The summed E-state index contributed by atoms with van der Waals surface area (Å²) < 4.78 is 7.95. The molecular weight excluding hydrogens is 647 g/mol. The number of carbonyl (C=O) groups excluding carboxylic acids is 1. The molecule has 8 nitrogen and oxygen atoms in total. The highest BCUT2D eigenvalue weighted by Crippen LogP contribution is 2.36. The second-order valence-electron chi connectivity index (χ2n) is 8.69. The number of ether oxygens (including phenoxy) is 1. The minimum atomic E-state index is -0.436. The van der Waals surface area contributed by atoms with Crippen LogP contribution in [0.15, 0.2) is 54.9 Å². The fourth-order valence-electron chi connectivity index (χ4n) is 4.40. The SMILES string of the molecule is CC(Oc1ccc2c(c1)c(C(=O)Nc1ccc(N3CC[C@@H](O)C3)cc1)nn2PI)c1c(Cl)cncc1Cl. The van der Waals surface area contributed by atoms with Crippen molar-refractivity contribution in [2.75, 3.05) is 23.3 Å². The summed E-state index contributed by atoms with van der Waals surface area (Å²) in [5.74, 6) is 0.250. The standard InChI is InChI=1S/C25H23Cl2IN5O3P/c1-14(23-20(26)11-29-12-21(23)27)36-18-6-7-22-19(10-18)24(31-33(22)37-28)25(35)30-15-2-4-16(5-3-15)32-9-8-17(34)13-32/h2-7,10-12,14,17,34,37H,8-9,13H2,1H3,(H,30,35)/t14?,17-/m1/s1. The summed E-state index contributed by atoms with van der Waals surface area (Å²) in [5, 5.41) is 18.8. The van der Waals surface area contributed by atoms with Crippen molar-refractivity contribution < 1.29 is 14.6 Å². The molecule has 1 aliphatic heterocycles. The molecular formula is C25H23Cl2IN5O3P. The number of hydrogen-bond acceptors (Lipinski definition) is 6. The van der Waals surface area contributed by atoms with E-state index in [0.29, 0.717) is 51.0 Å². The molecule has 1 amide bonds. The van der Waals surface area contributed by atoms with E-state index in [4.69, 9.17) is 27.9 Å². The number of nitrogens with zero attached hydrogens (tertiary/aromatic N) is 4. The number of rotatable bonds is 7. The van der Waals surface area contributed by atoms with Crippen LogP contribution in [0.3, 0.4) is 0 Å². The second-order valence-corrected chi connectivity index (χ2v) is 11.5. The number of fused-ring (bicyclic) bond motifs is 1. The van der Waals surface area contributed by atoms with E-state index in [2.05, 4.69) is 42.3 Å². The maximum Gasteiger partial charge on any atom is 0.276 e. The van der Waals surface area contributed by atoms with Gasteiger partial charge in [-0.2, -0.15) is 5.10 Å². The van der Waals surface area contributed by atoms with Gasteiger partial charge >= 0.3 is 0 Å². The number of anilines is 2. The van der Waals surface area contributed by atoms with Crippen LogP contribution in [-0.2, 0) is 0 Å². The van der Waals surface area contributed by atoms with Crippen LogP contribution < -0.4 is 15.0 Å². The predicted molar refractivity (Wildman–Crippen MR) is 158 cm³/mol. The van der Waals surface area contributed by atoms with Gasteiger partial charge in [-0.3, -0.25) is 9.78 Å². The maximum atomic E-state index is 13.3. The summed E-state index contributed by atoms with van der Waals surface area (Å²) in [6, 6.07) is 13.1. The number of benzene rings is 2. The molecule has 0 radical (unpaired) electrons. The number of halogens is 3. The lowest BCUT2D eigenvalue weighted by Crippen LogP contribution is -2.21. The predicted octanol–water partition coefficient (Wildman–Crippen LogP) is 6.49. The largest absolute Gasteiger partial charge is 0.486 e. The van der Waals surface area contributed by atoms with Gasteiger partial charge in [0.25, 0.3) is 5.91 Å². The van der Waals surface area contributed by atoms with Crippen LogP contribution in [0.5, 0.6) is 5.75 Å². The molecule has 3 heterocycles. The Morgan fingerprint density at radius 2 is 1.95 bits per heavy atom. The maximum absolute atomic E-state index is 13.3. The van der Waals surface area contributed by atoms with Gasteiger partial charge in [0.15, 0.2) is 5.69 Å². The van der Waals surface area contributed by atoms with Gasteiger partial charge in [-0.05, 0) is 77.9 Å². The number of aromatic nitrogens is 3. The molecule has 1 saturated heterocycles. The van der Waals surface area contributed by atoms with Gasteiger partial charge in [0.05, 0.1) is 28.0 Å². The van der Waals surface area contributed by atoms with Gasteiger partial charge in [-0.25, -0.2) is 4.45 Å². The number of aliphatic hydroxyl groups excluding tert-OH is 1. The minimum absolute atomic E-state index is 0.295. The van der Waals surface area contributed by atoms with Crippen molar-refractivity contribution >= 4 is 79.8 Å². The topological polar surface area (TPSA) is 92.5 Å². The van der Waals surface area contributed by atoms with Gasteiger partial charge in [0.2, 0.25) is 0 Å². The molecule has 2 aromatic carbocycles. The molecule has 2 N–H and O–H groups in total. The van der Waals surface area contributed by atoms with E-state index in [9.17, 15) is 9.90 Å². The van der Waals surface area contributed by atoms with E-state index in [0.717, 1.165) is 24.2 Å². The third-order valence-electron chi connectivity index (χ3n) is 6.21. The first kappa shape index (κ1) is 26.4. The first-order chi connectivity index (χ1) is 17.8. The van der Waals surface area contributed by atoms with Crippen LogP contribution in [0.2, 0.25) is 10.0 Å². The van der Waals surface area contributed by atoms with E-state index in [1.54, 1.807) is 4.45 Å². The lowest BCUT2D eigenvalue weighted by Gasteiger charge is -2.18. The highest BCUT2D eigenvalue weighted by molar-refractivity contribution is 14.2. The molecule has 0 aliphatic carbocycles. The quantitative estimate of drug-likeness (QED) is 0.173. The molecule has 37 heavy (non-hydrogen) atoms. The van der Waals surface area contributed by atoms with Gasteiger partial charge in [0.1, 0.15) is 11.9 Å². The van der Waals surface area contributed by atoms with Crippen molar-refractivity contribution in [2.24, 2.45) is 0 Å². The Labute approximate surface area is 238 Å². The Kier molecular flexibility index (Phi) is 8.07. The Balaban J connectivity index is 1.38. The van der Waals surface area contributed by atoms with Crippen molar-refractivity contribution in [3.8, 4) is 5.75 Å². The zero-order valence-electron chi connectivity index (χ0n) is 19.7. The van der Waals surface area contributed by atoms with Crippen LogP contribution in [0, 0.1) is 0 Å². The molecule has 2 unspecified atom stereocenters. The van der Waals surface area contributed by atoms with Crippen LogP contribution in [0.1, 0.15) is 35.5 Å². The zero-order chi connectivity index (χ0) is 26.1. The normalized spacial score (nSPS) is 16.6. The highest BCUT2D eigenvalue weighted by atomic mass is 127. The zero-order valence-corrected chi connectivity index (χ0v) is 24.3. The van der Waals surface area contributed by atoms with E-state index < -0.39 is 6.10 Å². The van der Waals surface area contributed by atoms with Crippen molar-refractivity contribution in [3.05, 3.63) is 76.2 Å². The van der Waals surface area contributed by atoms with Crippen molar-refractivity contribution in [1.29, 1.82) is 0 Å². The number of nitrogens with one attached hydrogen (secondary N) is 1. The van der Waals surface area contributed by atoms with Crippen LogP contribution in [0.4, 0.5) is 11.4 Å². The molecule has 3 atom stereocenters. The molecule has 0 saturated carbocycles. The summed E-state index contributed by atoms with van der Waals surface area (Å²) in [4.78, 5) is 19.4. The number of β-amino-alcohol motifs (C(OH)–C–C–N with tert-alkyl or cyclic N) is 1. The summed E-state index contributed by atoms with van der Waals surface area (Å²) >= 11 is 14.8. The van der Waals surface area contributed by atoms with E-state index >= 15 is 0 Å². The summed E-state index contributed by atoms with van der Waals surface area (Å²) in [5.41, 5.74) is 3.47. The van der Waals surface area contributed by atoms with Crippen LogP contribution in [0.25, 0.3) is 10.9 Å². The molecule has 0 spiro atoms. The third-order valence-corrected chi connectivity index (χ3v) is 8.68. The summed E-state index contributed by atoms with van der Waals surface area (Å²) in [7, 11) is 0. The minimum Gasteiger partial charge on any atom is -0.486 e. The first-order valence-electron chi connectivity index (χ1n) is 11.5. The number of carbonyl (C=O) groups is 1. The molecule has 12 heteroatoms. The average molecular weight is 670 g/mol. The monoisotopic (exact) mass is 669 g/mol. The number of pyridine rings is 1. The Bertz CT molecular complexity index is 1430. The van der Waals surface area contributed by atoms with E-state index in [1.807, 2.05) is 49.4 Å². The number of hydrogen-bond donors (Lipinski definition) is 2. The Morgan fingerprint density at radius 1 is 1.22 bits per heavy atom. The van der Waals surface area contributed by atoms with Gasteiger partial charge in [0, 0.05) is 47.8 Å². The van der Waals surface area contributed by atoms with Crippen molar-refractivity contribution in [1.82, 2.24) is 14.5 Å². The van der Waals surface area contributed by atoms with Crippen LogP contribution in [-0.4, -0.2) is 44.7 Å². The molecule has 2 aromatic heterocycles. The molecule has 4 aromatic rings. The second kappa shape index (κ2) is 11.3. The van der Waals surface area contributed by atoms with Gasteiger partial charge in [-0.1, -0.05) is 23.2 Å². The fraction of sp³-hybridized carbons (Fsp3) is 0.240. The Morgan fingerprint density at radius 3 is 2.59 bits per heavy atom. The van der Waals surface area contributed by atoms with E-state index in [1.165, 1.54) is 12.4 Å². The molecule has 5 rings (SSSR count). The number of amides is 1. The third kappa shape index (κ3) is 5.66. The van der Waals surface area contributed by atoms with Crippen molar-refractivity contribution in [2.45, 2.75) is 25.6 Å². The summed E-state index contributed by atoms with van der Waals surface area (Å²) in [6.07, 6.45) is 3.41. The van der Waals surface area contributed by atoms with E-state index in [-0.39, 0.29) is 12.0 Å². The molecule has 0 bridgehead atoms. The smallest absolute Gasteiger partial charge is 0.276 e. The summed E-state index contributed by atoms with van der Waals surface area (Å²) in [6.45, 7) is 3.29. The lowest BCUT2D eigenvalue weighted by atomic mass is 10.1. The molecule has 1 fully saturated rings. The van der Waals surface area contributed by atoms with Gasteiger partial charge < -0.3 is 20.1 Å². The first-order valence-corrected chi connectivity index (χ1v) is 16.3. The average Bonchev–Trinajstić information content (AvgIpc) is 3.47. The molecule has 1 aliphatic rings. The lowest BCUT2D eigenvalue weighted by molar-refractivity contribution is 0.102. The Hall–Kier alpha value is -2.17. The fourth-order valence-corrected chi connectivity index (χ4v) is 6.60. The molecule has 192 valence electrons. The highest BCUT2D eigenvalue weighted by Gasteiger charge is 2.22. The van der Waals surface area contributed by atoms with Crippen molar-refractivity contribution in [3.63, 3.8) is 0 Å².